The number of benzene rings is 3. The molecule has 1 saturated heterocycles. The van der Waals surface area contributed by atoms with Crippen LogP contribution in [-0.2, 0) is 6.18 Å². The molecule has 0 saturated carbocycles. The summed E-state index contributed by atoms with van der Waals surface area (Å²) in [5.74, 6) is -0.564. The van der Waals surface area contributed by atoms with Gasteiger partial charge in [-0.05, 0) is 42.5 Å². The van der Waals surface area contributed by atoms with Crippen molar-refractivity contribution < 1.29 is 32.7 Å². The van der Waals surface area contributed by atoms with Crippen LogP contribution in [0.1, 0.15) is 15.9 Å². The van der Waals surface area contributed by atoms with E-state index in [1.165, 1.54) is 42.5 Å². The maximum atomic E-state index is 13.1. The van der Waals surface area contributed by atoms with Gasteiger partial charge in [0.1, 0.15) is 17.2 Å². The maximum absolute atomic E-state index is 13.1. The number of aromatic carboxylic acids is 1. The Morgan fingerprint density at radius 1 is 0.914 bits per heavy atom. The number of anilines is 2. The third kappa shape index (κ3) is 5.45. The van der Waals surface area contributed by atoms with E-state index in [2.05, 4.69) is 0 Å². The lowest BCUT2D eigenvalue weighted by molar-refractivity contribution is -0.384. The van der Waals surface area contributed by atoms with Gasteiger partial charge in [-0.3, -0.25) is 10.1 Å². The molecule has 1 fully saturated rings. The van der Waals surface area contributed by atoms with Gasteiger partial charge in [0, 0.05) is 44.0 Å². The fourth-order valence-corrected chi connectivity index (χ4v) is 3.89. The van der Waals surface area contributed by atoms with Crippen LogP contribution >= 0.6 is 0 Å². The Morgan fingerprint density at radius 3 is 2.23 bits per heavy atom. The van der Waals surface area contributed by atoms with Gasteiger partial charge < -0.3 is 19.6 Å². The van der Waals surface area contributed by atoms with Crippen molar-refractivity contribution in [3.63, 3.8) is 0 Å². The van der Waals surface area contributed by atoms with Gasteiger partial charge in [-0.25, -0.2) is 4.79 Å². The monoisotopic (exact) mass is 487 g/mol. The van der Waals surface area contributed by atoms with E-state index in [-0.39, 0.29) is 22.7 Å². The molecule has 1 aliphatic rings. The molecule has 0 bridgehead atoms. The van der Waals surface area contributed by atoms with Crippen molar-refractivity contribution in [3.05, 3.63) is 88.0 Å². The van der Waals surface area contributed by atoms with Gasteiger partial charge >= 0.3 is 12.1 Å². The molecule has 0 radical (unpaired) electrons. The zero-order chi connectivity index (χ0) is 25.2. The van der Waals surface area contributed by atoms with Crippen LogP contribution in [0.15, 0.2) is 66.7 Å². The van der Waals surface area contributed by atoms with E-state index in [0.29, 0.717) is 37.6 Å². The Labute approximate surface area is 197 Å². The van der Waals surface area contributed by atoms with Crippen molar-refractivity contribution in [3.8, 4) is 11.5 Å². The highest BCUT2D eigenvalue weighted by Crippen LogP contribution is 2.36. The highest BCUT2D eigenvalue weighted by Gasteiger charge is 2.31. The number of ether oxygens (including phenoxy) is 1. The number of rotatable bonds is 6. The van der Waals surface area contributed by atoms with Gasteiger partial charge in [0.25, 0.3) is 5.69 Å². The van der Waals surface area contributed by atoms with Crippen LogP contribution < -0.4 is 14.5 Å². The number of piperazine rings is 1. The van der Waals surface area contributed by atoms with Gasteiger partial charge in [-0.15, -0.1) is 0 Å². The summed E-state index contributed by atoms with van der Waals surface area (Å²) in [4.78, 5) is 25.9. The molecule has 3 aromatic carbocycles. The number of alkyl halides is 3. The molecule has 1 aliphatic heterocycles. The van der Waals surface area contributed by atoms with Crippen molar-refractivity contribution in [1.82, 2.24) is 0 Å². The minimum Gasteiger partial charge on any atom is -0.478 e. The number of halogens is 3. The van der Waals surface area contributed by atoms with Crippen LogP contribution in [-0.4, -0.2) is 42.2 Å². The van der Waals surface area contributed by atoms with Gasteiger partial charge in [-0.2, -0.15) is 13.2 Å². The second-order valence-corrected chi connectivity index (χ2v) is 7.86. The summed E-state index contributed by atoms with van der Waals surface area (Å²) < 4.78 is 44.9. The lowest BCUT2D eigenvalue weighted by Gasteiger charge is -2.37. The van der Waals surface area contributed by atoms with Crippen LogP contribution in [0.3, 0.4) is 0 Å². The molecule has 0 amide bonds. The lowest BCUT2D eigenvalue weighted by Crippen LogP contribution is -2.46. The summed E-state index contributed by atoms with van der Waals surface area (Å²) in [5.41, 5.74) is -0.0839. The molecule has 1 heterocycles. The number of nitro groups is 1. The summed E-state index contributed by atoms with van der Waals surface area (Å²) in [6.45, 7) is 1.42. The van der Waals surface area contributed by atoms with Gasteiger partial charge in [-0.1, -0.05) is 12.1 Å². The van der Waals surface area contributed by atoms with Crippen LogP contribution in [0, 0.1) is 10.1 Å². The molecular weight excluding hydrogens is 467 g/mol. The predicted molar refractivity (Wildman–Crippen MR) is 122 cm³/mol. The first-order valence-corrected chi connectivity index (χ1v) is 10.6. The summed E-state index contributed by atoms with van der Waals surface area (Å²) >= 11 is 0. The molecule has 8 nitrogen and oxygen atoms in total. The van der Waals surface area contributed by atoms with E-state index in [9.17, 15) is 28.1 Å². The number of carboxylic acids is 1. The van der Waals surface area contributed by atoms with E-state index in [0.717, 1.165) is 12.1 Å². The summed E-state index contributed by atoms with van der Waals surface area (Å²) in [7, 11) is 0. The molecule has 1 N–H and O–H groups in total. The number of hydrogen-bond donors (Lipinski definition) is 1. The molecule has 4 rings (SSSR count). The van der Waals surface area contributed by atoms with Crippen molar-refractivity contribution in [2.45, 2.75) is 6.18 Å². The fraction of sp³-hybridized carbons (Fsp3) is 0.208. The smallest absolute Gasteiger partial charge is 0.416 e. The number of carbonyl (C=O) groups is 1. The highest BCUT2D eigenvalue weighted by molar-refractivity contribution is 5.88. The summed E-state index contributed by atoms with van der Waals surface area (Å²) in [6, 6.07) is 15.2. The SMILES string of the molecule is O=C(O)c1cccc(Oc2ccc([N+](=O)[O-])c(N3CCN(c4cccc(C(F)(F)F)c4)CC3)c2)c1. The molecule has 0 atom stereocenters. The van der Waals surface area contributed by atoms with Crippen molar-refractivity contribution >= 4 is 23.0 Å². The Morgan fingerprint density at radius 2 is 1.57 bits per heavy atom. The topological polar surface area (TPSA) is 96.1 Å². The van der Waals surface area contributed by atoms with Crippen molar-refractivity contribution in [2.24, 2.45) is 0 Å². The van der Waals surface area contributed by atoms with Crippen LogP contribution in [0.4, 0.5) is 30.2 Å². The van der Waals surface area contributed by atoms with E-state index in [4.69, 9.17) is 9.84 Å². The van der Waals surface area contributed by atoms with Crippen LogP contribution in [0.5, 0.6) is 11.5 Å². The van der Waals surface area contributed by atoms with Crippen LogP contribution in [0.2, 0.25) is 0 Å². The third-order valence-corrected chi connectivity index (χ3v) is 5.62. The first kappa shape index (κ1) is 23.9. The summed E-state index contributed by atoms with van der Waals surface area (Å²) in [6.07, 6.45) is -4.44. The minimum absolute atomic E-state index is 0.0374. The third-order valence-electron chi connectivity index (χ3n) is 5.62. The number of hydrogen-bond acceptors (Lipinski definition) is 6. The standard InChI is InChI=1S/C24H20F3N3O5/c25-24(26,27)17-4-2-5-18(14-17)28-9-11-29(12-10-28)22-15-20(7-8-21(22)30(33)34)35-19-6-1-3-16(13-19)23(31)32/h1-8,13-15H,9-12H2,(H,31,32). The molecular formula is C24H20F3N3O5. The molecule has 35 heavy (non-hydrogen) atoms. The average molecular weight is 487 g/mol. The predicted octanol–water partition coefficient (Wildman–Crippen LogP) is 5.43. The number of carboxylic acid groups (broad SMARTS) is 1. The Kier molecular flexibility index (Phi) is 6.50. The maximum Gasteiger partial charge on any atom is 0.416 e. The second kappa shape index (κ2) is 9.53. The fourth-order valence-electron chi connectivity index (χ4n) is 3.89. The van der Waals surface area contributed by atoms with Gasteiger partial charge in [0.15, 0.2) is 0 Å². The van der Waals surface area contributed by atoms with E-state index < -0.39 is 22.6 Å². The Balaban J connectivity index is 1.53. The largest absolute Gasteiger partial charge is 0.478 e. The first-order chi connectivity index (χ1) is 16.6. The molecule has 11 heteroatoms. The molecule has 182 valence electrons. The average Bonchev–Trinajstić information content (AvgIpc) is 2.84. The summed E-state index contributed by atoms with van der Waals surface area (Å²) in [5, 5.41) is 20.8. The van der Waals surface area contributed by atoms with Crippen LogP contribution in [0.25, 0.3) is 0 Å². The quantitative estimate of drug-likeness (QED) is 0.366. The minimum atomic E-state index is -4.44. The lowest BCUT2D eigenvalue weighted by atomic mass is 10.1. The first-order valence-electron chi connectivity index (χ1n) is 10.6. The van der Waals surface area contributed by atoms with Gasteiger partial charge in [0.05, 0.1) is 16.1 Å². The molecule has 0 unspecified atom stereocenters. The second-order valence-electron chi connectivity index (χ2n) is 7.86. The van der Waals surface area contributed by atoms with Crippen molar-refractivity contribution in [1.29, 1.82) is 0 Å². The number of nitrogens with zero attached hydrogens (tertiary/aromatic N) is 3. The molecule has 3 aromatic rings. The Hall–Kier alpha value is -4.28. The van der Waals surface area contributed by atoms with E-state index in [1.807, 2.05) is 0 Å². The molecule has 0 aromatic heterocycles. The van der Waals surface area contributed by atoms with E-state index in [1.54, 1.807) is 21.9 Å². The zero-order valence-electron chi connectivity index (χ0n) is 18.2. The normalized spacial score (nSPS) is 14.0. The highest BCUT2D eigenvalue weighted by atomic mass is 19.4. The Bertz CT molecular complexity index is 1260. The molecule has 0 spiro atoms. The van der Waals surface area contributed by atoms with Crippen molar-refractivity contribution in [2.75, 3.05) is 36.0 Å². The number of nitro benzene ring substituents is 1. The van der Waals surface area contributed by atoms with Gasteiger partial charge in [0.2, 0.25) is 0 Å². The molecule has 0 aliphatic carbocycles. The van der Waals surface area contributed by atoms with E-state index >= 15 is 0 Å². The zero-order valence-corrected chi connectivity index (χ0v) is 18.2.